The van der Waals surface area contributed by atoms with E-state index in [0.717, 1.165) is 5.52 Å². The van der Waals surface area contributed by atoms with Gasteiger partial charge in [-0.15, -0.1) is 0 Å². The molecule has 0 unspecified atom stereocenters. The molecule has 0 radical (unpaired) electrons. The molecule has 2 heterocycles. The van der Waals surface area contributed by atoms with Gasteiger partial charge in [-0.25, -0.2) is 4.98 Å². The second kappa shape index (κ2) is 5.47. The molecule has 0 saturated carbocycles. The number of carbonyl (C=O) groups is 1. The first kappa shape index (κ1) is 12.9. The largest absolute Gasteiger partial charge is 0.292 e. The lowest BCUT2D eigenvalue weighted by atomic mass is 9.97. The topological polar surface area (TPSA) is 79.5 Å². The molecule has 0 aliphatic rings. The van der Waals surface area contributed by atoms with Crippen LogP contribution in [0.2, 0.25) is 0 Å². The minimum Gasteiger partial charge on any atom is -0.292 e. The van der Waals surface area contributed by atoms with Crippen molar-refractivity contribution in [2.45, 2.75) is 5.92 Å². The molecule has 0 spiro atoms. The number of benzene rings is 1. The third-order valence-corrected chi connectivity index (χ3v) is 3.10. The number of nitrogens with zero attached hydrogens (tertiary/aromatic N) is 4. The number of fused-ring (bicyclic) bond motifs is 1. The molecule has 0 N–H and O–H groups in total. The van der Waals surface area contributed by atoms with Crippen molar-refractivity contribution in [3.63, 3.8) is 0 Å². The summed E-state index contributed by atoms with van der Waals surface area (Å²) in [5, 5.41) is 9.32. The highest BCUT2D eigenvalue weighted by Crippen LogP contribution is 2.20. The second-order valence-electron chi connectivity index (χ2n) is 4.45. The molecule has 3 aromatic rings. The van der Waals surface area contributed by atoms with Crippen LogP contribution in [0.4, 0.5) is 0 Å². The zero-order valence-electron chi connectivity index (χ0n) is 11.0. The second-order valence-corrected chi connectivity index (χ2v) is 4.45. The van der Waals surface area contributed by atoms with Crippen molar-refractivity contribution in [2.24, 2.45) is 0 Å². The fraction of sp³-hybridized carbons (Fsp3) is 0.0625. The predicted molar refractivity (Wildman–Crippen MR) is 76.5 cm³/mol. The van der Waals surface area contributed by atoms with E-state index in [1.54, 1.807) is 24.4 Å². The van der Waals surface area contributed by atoms with E-state index in [9.17, 15) is 10.1 Å². The number of nitriles is 1. The van der Waals surface area contributed by atoms with Gasteiger partial charge in [-0.1, -0.05) is 12.1 Å². The predicted octanol–water partition coefficient (Wildman–Crippen LogP) is 2.51. The number of pyridine rings is 1. The summed E-state index contributed by atoms with van der Waals surface area (Å²) in [4.78, 5) is 24.9. The van der Waals surface area contributed by atoms with Gasteiger partial charge in [0.25, 0.3) is 0 Å². The summed E-state index contributed by atoms with van der Waals surface area (Å²) in [7, 11) is 0. The van der Waals surface area contributed by atoms with E-state index in [1.807, 2.05) is 24.3 Å². The minimum atomic E-state index is -0.980. The number of rotatable bonds is 3. The average Bonchev–Trinajstić information content (AvgIpc) is 2.56. The first-order valence-electron chi connectivity index (χ1n) is 6.35. The van der Waals surface area contributed by atoms with Crippen molar-refractivity contribution in [3.05, 3.63) is 66.2 Å². The van der Waals surface area contributed by atoms with E-state index in [1.165, 1.54) is 12.4 Å². The number of hydrogen-bond acceptors (Lipinski definition) is 5. The molecule has 1 atom stereocenters. The van der Waals surface area contributed by atoms with Crippen LogP contribution in [0.15, 0.2) is 55.0 Å². The first-order chi connectivity index (χ1) is 10.3. The first-order valence-corrected chi connectivity index (χ1v) is 6.35. The molecule has 3 rings (SSSR count). The smallest absolute Gasteiger partial charge is 0.187 e. The van der Waals surface area contributed by atoms with E-state index < -0.39 is 5.92 Å². The van der Waals surface area contributed by atoms with Gasteiger partial charge in [0.05, 0.1) is 29.0 Å². The summed E-state index contributed by atoms with van der Waals surface area (Å²) in [6, 6.07) is 12.6. The number of ketones is 1. The summed E-state index contributed by atoms with van der Waals surface area (Å²) in [5.74, 6) is -1.30. The molecule has 0 saturated heterocycles. The molecule has 5 heteroatoms. The van der Waals surface area contributed by atoms with Gasteiger partial charge in [0.2, 0.25) is 0 Å². The highest BCUT2D eigenvalue weighted by Gasteiger charge is 2.23. The van der Waals surface area contributed by atoms with E-state index >= 15 is 0 Å². The zero-order valence-corrected chi connectivity index (χ0v) is 11.0. The highest BCUT2D eigenvalue weighted by molar-refractivity contribution is 6.02. The Labute approximate surface area is 120 Å². The molecule has 0 bridgehead atoms. The van der Waals surface area contributed by atoms with E-state index in [0.29, 0.717) is 16.8 Å². The third kappa shape index (κ3) is 2.47. The Morgan fingerprint density at radius 3 is 2.62 bits per heavy atom. The van der Waals surface area contributed by atoms with Crippen LogP contribution in [-0.2, 0) is 0 Å². The summed E-state index contributed by atoms with van der Waals surface area (Å²) in [6.45, 7) is 0. The molecule has 0 fully saturated rings. The number of Topliss-reactive ketones (excluding diaryl/α,β-unsaturated/α-hetero) is 1. The Kier molecular flexibility index (Phi) is 3.36. The van der Waals surface area contributed by atoms with Crippen LogP contribution in [0.3, 0.4) is 0 Å². The van der Waals surface area contributed by atoms with Gasteiger partial charge in [-0.2, -0.15) is 5.26 Å². The van der Waals surface area contributed by atoms with Crippen molar-refractivity contribution in [2.75, 3.05) is 0 Å². The van der Waals surface area contributed by atoms with Gasteiger partial charge in [-0.3, -0.25) is 14.8 Å². The molecule has 0 amide bonds. The fourth-order valence-corrected chi connectivity index (χ4v) is 2.04. The maximum absolute atomic E-state index is 12.4. The van der Waals surface area contributed by atoms with Crippen molar-refractivity contribution in [1.29, 1.82) is 5.26 Å². The van der Waals surface area contributed by atoms with Crippen LogP contribution < -0.4 is 0 Å². The van der Waals surface area contributed by atoms with Crippen LogP contribution in [0.5, 0.6) is 0 Å². The zero-order chi connectivity index (χ0) is 14.7. The van der Waals surface area contributed by atoms with Crippen molar-refractivity contribution < 1.29 is 4.79 Å². The Bertz CT molecular complexity index is 840. The van der Waals surface area contributed by atoms with Crippen LogP contribution in [0.25, 0.3) is 11.0 Å². The fourth-order valence-electron chi connectivity index (χ4n) is 2.04. The molecule has 5 nitrogen and oxygen atoms in total. The van der Waals surface area contributed by atoms with Gasteiger partial charge in [-0.05, 0) is 24.3 Å². The standard InChI is InChI=1S/C16H10N4O/c17-8-12(16(21)11-4-3-7-18-9-11)15-10-19-13-5-1-2-6-14(13)20-15/h1-7,9-10,12H/t12-/m1/s1. The quantitative estimate of drug-likeness (QED) is 0.685. The molecular weight excluding hydrogens is 264 g/mol. The molecule has 2 aromatic heterocycles. The highest BCUT2D eigenvalue weighted by atomic mass is 16.1. The Balaban J connectivity index is 2.02. The number of hydrogen-bond donors (Lipinski definition) is 0. The van der Waals surface area contributed by atoms with Gasteiger partial charge >= 0.3 is 0 Å². The van der Waals surface area contributed by atoms with Crippen molar-refractivity contribution in [3.8, 4) is 6.07 Å². The van der Waals surface area contributed by atoms with Crippen molar-refractivity contribution >= 4 is 16.8 Å². The van der Waals surface area contributed by atoms with Crippen LogP contribution in [0.1, 0.15) is 22.0 Å². The maximum atomic E-state index is 12.4. The summed E-state index contributed by atoms with van der Waals surface area (Å²) < 4.78 is 0. The van der Waals surface area contributed by atoms with Crippen LogP contribution in [0, 0.1) is 11.3 Å². The minimum absolute atomic E-state index is 0.324. The van der Waals surface area contributed by atoms with Gasteiger partial charge in [0.1, 0.15) is 0 Å². The lowest BCUT2D eigenvalue weighted by molar-refractivity contribution is 0.0977. The molecule has 21 heavy (non-hydrogen) atoms. The summed E-state index contributed by atoms with van der Waals surface area (Å²) in [5.41, 5.74) is 2.13. The summed E-state index contributed by atoms with van der Waals surface area (Å²) in [6.07, 6.45) is 4.50. The number of aromatic nitrogens is 3. The van der Waals surface area contributed by atoms with E-state index in [2.05, 4.69) is 15.0 Å². The Hall–Kier alpha value is -3.13. The Morgan fingerprint density at radius 1 is 1.10 bits per heavy atom. The van der Waals surface area contributed by atoms with Crippen LogP contribution in [-0.4, -0.2) is 20.7 Å². The van der Waals surface area contributed by atoms with Crippen LogP contribution >= 0.6 is 0 Å². The number of para-hydroxylation sites is 2. The Morgan fingerprint density at radius 2 is 1.90 bits per heavy atom. The molecule has 100 valence electrons. The molecule has 0 aliphatic carbocycles. The molecule has 0 aliphatic heterocycles. The van der Waals surface area contributed by atoms with Crippen molar-refractivity contribution in [1.82, 2.24) is 15.0 Å². The van der Waals surface area contributed by atoms with Gasteiger partial charge < -0.3 is 0 Å². The monoisotopic (exact) mass is 274 g/mol. The molecule has 1 aromatic carbocycles. The average molecular weight is 274 g/mol. The lowest BCUT2D eigenvalue weighted by Crippen LogP contribution is -2.13. The number of carbonyl (C=O) groups excluding carboxylic acids is 1. The third-order valence-electron chi connectivity index (χ3n) is 3.10. The van der Waals surface area contributed by atoms with Gasteiger partial charge in [0.15, 0.2) is 11.7 Å². The molecular formula is C16H10N4O. The van der Waals surface area contributed by atoms with Gasteiger partial charge in [0, 0.05) is 18.0 Å². The normalized spacial score (nSPS) is 11.8. The summed E-state index contributed by atoms with van der Waals surface area (Å²) >= 11 is 0. The lowest BCUT2D eigenvalue weighted by Gasteiger charge is -2.08. The maximum Gasteiger partial charge on any atom is 0.187 e. The van der Waals surface area contributed by atoms with E-state index in [4.69, 9.17) is 0 Å². The SMILES string of the molecule is N#C[C@@H](C(=O)c1cccnc1)c1cnc2ccccc2n1. The van der Waals surface area contributed by atoms with E-state index in [-0.39, 0.29) is 5.78 Å².